The molecule has 0 saturated carbocycles. The van der Waals surface area contributed by atoms with Crippen LogP contribution in [0, 0.1) is 0 Å². The lowest BCUT2D eigenvalue weighted by molar-refractivity contribution is -0.136. The molecule has 0 aliphatic carbocycles. The molecule has 0 spiro atoms. The Morgan fingerprint density at radius 1 is 1.31 bits per heavy atom. The van der Waals surface area contributed by atoms with Crippen molar-refractivity contribution in [2.45, 2.75) is 32.3 Å². The molecule has 16 heavy (non-hydrogen) atoms. The summed E-state index contributed by atoms with van der Waals surface area (Å²) in [6.07, 6.45) is 0.781. The number of carboxylic acids is 1. The van der Waals surface area contributed by atoms with Crippen LogP contribution in [-0.4, -0.2) is 23.8 Å². The van der Waals surface area contributed by atoms with E-state index in [1.165, 1.54) is 0 Å². The van der Waals surface area contributed by atoms with E-state index in [0.29, 0.717) is 6.42 Å². The summed E-state index contributed by atoms with van der Waals surface area (Å²) in [6, 6.07) is 7.60. The van der Waals surface area contributed by atoms with Crippen LogP contribution in [-0.2, 0) is 22.4 Å². The molecular weight excluding hydrogens is 204 g/mol. The average molecular weight is 222 g/mol. The third kappa shape index (κ3) is 3.66. The number of ether oxygens (including phenoxy) is 1. The fraction of sp³-hybridized carbons (Fsp3) is 0.462. The standard InChI is InChI=1S/C13H18O3/c1-13(2,16-3)9-11-7-5-4-6-10(11)8-12(14)15/h4-7H,8-9H2,1-3H3,(H,14,15). The summed E-state index contributed by atoms with van der Waals surface area (Å²) in [6.45, 7) is 3.98. The van der Waals surface area contributed by atoms with Crippen LogP contribution in [0.1, 0.15) is 25.0 Å². The van der Waals surface area contributed by atoms with Gasteiger partial charge < -0.3 is 9.84 Å². The third-order valence-corrected chi connectivity index (χ3v) is 2.63. The first-order chi connectivity index (χ1) is 7.44. The summed E-state index contributed by atoms with van der Waals surface area (Å²) in [5, 5.41) is 8.82. The maximum atomic E-state index is 10.7. The van der Waals surface area contributed by atoms with Gasteiger partial charge in [-0.05, 0) is 25.0 Å². The van der Waals surface area contributed by atoms with Crippen LogP contribution in [0.2, 0.25) is 0 Å². The number of aliphatic carboxylic acids is 1. The molecule has 0 unspecified atom stereocenters. The number of carbonyl (C=O) groups is 1. The van der Waals surface area contributed by atoms with Gasteiger partial charge in [-0.15, -0.1) is 0 Å². The van der Waals surface area contributed by atoms with Gasteiger partial charge in [0.15, 0.2) is 0 Å². The molecule has 0 aromatic heterocycles. The fourth-order valence-electron chi connectivity index (χ4n) is 1.60. The van der Waals surface area contributed by atoms with Crippen molar-refractivity contribution in [2.75, 3.05) is 7.11 Å². The van der Waals surface area contributed by atoms with Gasteiger partial charge in [-0.1, -0.05) is 24.3 Å². The Labute approximate surface area is 96.1 Å². The molecule has 0 aliphatic rings. The van der Waals surface area contributed by atoms with E-state index < -0.39 is 5.97 Å². The molecule has 0 atom stereocenters. The van der Waals surface area contributed by atoms with Gasteiger partial charge in [-0.2, -0.15) is 0 Å². The first-order valence-electron chi connectivity index (χ1n) is 5.28. The van der Waals surface area contributed by atoms with Crippen LogP contribution >= 0.6 is 0 Å². The normalized spacial score (nSPS) is 11.4. The van der Waals surface area contributed by atoms with Gasteiger partial charge in [0.25, 0.3) is 0 Å². The lowest BCUT2D eigenvalue weighted by Gasteiger charge is -2.24. The molecule has 0 radical (unpaired) electrons. The van der Waals surface area contributed by atoms with E-state index in [-0.39, 0.29) is 12.0 Å². The fourth-order valence-corrected chi connectivity index (χ4v) is 1.60. The van der Waals surface area contributed by atoms with Crippen molar-refractivity contribution in [3.05, 3.63) is 35.4 Å². The zero-order valence-electron chi connectivity index (χ0n) is 9.99. The maximum Gasteiger partial charge on any atom is 0.307 e. The molecular formula is C13H18O3. The van der Waals surface area contributed by atoms with E-state index in [0.717, 1.165) is 11.1 Å². The molecule has 0 amide bonds. The topological polar surface area (TPSA) is 46.5 Å². The Morgan fingerprint density at radius 2 is 1.88 bits per heavy atom. The van der Waals surface area contributed by atoms with Gasteiger partial charge in [0.2, 0.25) is 0 Å². The Hall–Kier alpha value is -1.35. The zero-order valence-corrected chi connectivity index (χ0v) is 9.99. The van der Waals surface area contributed by atoms with E-state index in [4.69, 9.17) is 9.84 Å². The first kappa shape index (κ1) is 12.7. The van der Waals surface area contributed by atoms with E-state index in [9.17, 15) is 4.79 Å². The lowest BCUT2D eigenvalue weighted by atomic mass is 9.93. The van der Waals surface area contributed by atoms with E-state index in [2.05, 4.69) is 0 Å². The number of benzene rings is 1. The largest absolute Gasteiger partial charge is 0.481 e. The minimum atomic E-state index is -0.803. The highest BCUT2D eigenvalue weighted by molar-refractivity contribution is 5.70. The summed E-state index contributed by atoms with van der Waals surface area (Å²) < 4.78 is 5.35. The number of hydrogen-bond donors (Lipinski definition) is 1. The number of carboxylic acid groups (broad SMARTS) is 1. The molecule has 0 fully saturated rings. The molecule has 0 aliphatic heterocycles. The maximum absolute atomic E-state index is 10.7. The SMILES string of the molecule is COC(C)(C)Cc1ccccc1CC(=O)O. The van der Waals surface area contributed by atoms with Crippen molar-refractivity contribution in [3.63, 3.8) is 0 Å². The number of hydrogen-bond acceptors (Lipinski definition) is 2. The molecule has 0 heterocycles. The van der Waals surface area contributed by atoms with E-state index in [1.54, 1.807) is 7.11 Å². The van der Waals surface area contributed by atoms with Gasteiger partial charge in [-0.3, -0.25) is 4.79 Å². The zero-order chi connectivity index (χ0) is 12.2. The highest BCUT2D eigenvalue weighted by Crippen LogP contribution is 2.19. The van der Waals surface area contributed by atoms with Crippen molar-refractivity contribution < 1.29 is 14.6 Å². The molecule has 1 N–H and O–H groups in total. The monoisotopic (exact) mass is 222 g/mol. The summed E-state index contributed by atoms with van der Waals surface area (Å²) in [5.41, 5.74) is 1.63. The third-order valence-electron chi connectivity index (χ3n) is 2.63. The van der Waals surface area contributed by atoms with Crippen LogP contribution in [0.4, 0.5) is 0 Å². The van der Waals surface area contributed by atoms with Gasteiger partial charge in [-0.25, -0.2) is 0 Å². The second-order valence-electron chi connectivity index (χ2n) is 4.48. The van der Waals surface area contributed by atoms with Crippen molar-refractivity contribution in [2.24, 2.45) is 0 Å². The van der Waals surface area contributed by atoms with Gasteiger partial charge in [0, 0.05) is 13.5 Å². The van der Waals surface area contributed by atoms with Crippen LogP contribution in [0.3, 0.4) is 0 Å². The number of rotatable bonds is 5. The van der Waals surface area contributed by atoms with Gasteiger partial charge in [0.1, 0.15) is 0 Å². The predicted octanol–water partition coefficient (Wildman–Crippen LogP) is 2.28. The van der Waals surface area contributed by atoms with Crippen LogP contribution in [0.25, 0.3) is 0 Å². The Bertz CT molecular complexity index is 369. The van der Waals surface area contributed by atoms with Gasteiger partial charge in [0.05, 0.1) is 12.0 Å². The molecule has 0 saturated heterocycles. The summed E-state index contributed by atoms with van der Waals surface area (Å²) in [5.74, 6) is -0.803. The molecule has 1 rings (SSSR count). The summed E-state index contributed by atoms with van der Waals surface area (Å²) >= 11 is 0. The Morgan fingerprint density at radius 3 is 2.38 bits per heavy atom. The highest BCUT2D eigenvalue weighted by Gasteiger charge is 2.19. The van der Waals surface area contributed by atoms with Gasteiger partial charge >= 0.3 is 5.97 Å². The van der Waals surface area contributed by atoms with Crippen molar-refractivity contribution in [3.8, 4) is 0 Å². The van der Waals surface area contributed by atoms with E-state index >= 15 is 0 Å². The average Bonchev–Trinajstić information content (AvgIpc) is 2.20. The van der Waals surface area contributed by atoms with Crippen molar-refractivity contribution >= 4 is 5.97 Å². The highest BCUT2D eigenvalue weighted by atomic mass is 16.5. The molecule has 3 heteroatoms. The minimum Gasteiger partial charge on any atom is -0.481 e. The molecule has 88 valence electrons. The van der Waals surface area contributed by atoms with Crippen LogP contribution in [0.15, 0.2) is 24.3 Å². The first-order valence-corrected chi connectivity index (χ1v) is 5.28. The predicted molar refractivity (Wildman–Crippen MR) is 62.6 cm³/mol. The summed E-state index contributed by atoms with van der Waals surface area (Å²) in [7, 11) is 1.67. The molecule has 3 nitrogen and oxygen atoms in total. The van der Waals surface area contributed by atoms with Crippen molar-refractivity contribution in [1.82, 2.24) is 0 Å². The van der Waals surface area contributed by atoms with E-state index in [1.807, 2.05) is 38.1 Å². The molecule has 1 aromatic rings. The van der Waals surface area contributed by atoms with Crippen molar-refractivity contribution in [1.29, 1.82) is 0 Å². The second kappa shape index (κ2) is 5.12. The Kier molecular flexibility index (Phi) is 4.07. The Balaban J connectivity index is 2.90. The lowest BCUT2D eigenvalue weighted by Crippen LogP contribution is -2.26. The minimum absolute atomic E-state index is 0.0654. The number of methoxy groups -OCH3 is 1. The smallest absolute Gasteiger partial charge is 0.307 e. The van der Waals surface area contributed by atoms with Crippen LogP contribution < -0.4 is 0 Å². The molecule has 1 aromatic carbocycles. The summed E-state index contributed by atoms with van der Waals surface area (Å²) in [4.78, 5) is 10.7. The molecule has 0 bridgehead atoms. The van der Waals surface area contributed by atoms with Crippen LogP contribution in [0.5, 0.6) is 0 Å². The second-order valence-corrected chi connectivity index (χ2v) is 4.48. The quantitative estimate of drug-likeness (QED) is 0.831.